The third-order valence-electron chi connectivity index (χ3n) is 3.86. The fraction of sp³-hybridized carbons (Fsp3) is 0.150. The fourth-order valence-corrected chi connectivity index (χ4v) is 3.49. The number of thiophene rings is 1. The molecule has 0 spiro atoms. The predicted octanol–water partition coefficient (Wildman–Crippen LogP) is 5.02. The molecular formula is C20H19NO4S. The molecule has 0 aliphatic rings. The molecule has 0 fully saturated rings. The normalized spacial score (nSPS) is 10.3. The summed E-state index contributed by atoms with van der Waals surface area (Å²) in [5.41, 5.74) is 1.91. The van der Waals surface area contributed by atoms with Crippen LogP contribution in [0.25, 0.3) is 0 Å². The molecule has 0 aliphatic carbocycles. The molecule has 134 valence electrons. The largest absolute Gasteiger partial charge is 0.497 e. The lowest BCUT2D eigenvalue weighted by atomic mass is 10.2. The summed E-state index contributed by atoms with van der Waals surface area (Å²) in [5.74, 6) is 1.22. The molecule has 1 heterocycles. The van der Waals surface area contributed by atoms with Crippen molar-refractivity contribution >= 4 is 33.7 Å². The number of carbonyl (C=O) groups is 1. The summed E-state index contributed by atoms with van der Waals surface area (Å²) < 4.78 is 15.3. The highest BCUT2D eigenvalue weighted by molar-refractivity contribution is 7.18. The first kappa shape index (κ1) is 17.8. The van der Waals surface area contributed by atoms with Crippen molar-refractivity contribution in [2.24, 2.45) is 0 Å². The minimum absolute atomic E-state index is 0.342. The Balaban J connectivity index is 2.05. The zero-order valence-corrected chi connectivity index (χ0v) is 15.6. The number of ether oxygens (including phenoxy) is 3. The van der Waals surface area contributed by atoms with E-state index < -0.39 is 0 Å². The van der Waals surface area contributed by atoms with Gasteiger partial charge in [0.25, 0.3) is 0 Å². The van der Waals surface area contributed by atoms with Gasteiger partial charge in [-0.05, 0) is 60.7 Å². The molecule has 0 N–H and O–H groups in total. The Morgan fingerprint density at radius 1 is 0.769 bits per heavy atom. The Morgan fingerprint density at radius 2 is 1.27 bits per heavy atom. The molecule has 3 aromatic rings. The number of benzene rings is 2. The number of nitrogens with zero attached hydrogens (tertiary/aromatic N) is 1. The fourth-order valence-electron chi connectivity index (χ4n) is 2.52. The molecule has 26 heavy (non-hydrogen) atoms. The van der Waals surface area contributed by atoms with Crippen molar-refractivity contribution in [2.75, 3.05) is 26.2 Å². The second-order valence-corrected chi connectivity index (χ2v) is 6.42. The molecule has 3 rings (SSSR count). The van der Waals surface area contributed by atoms with Gasteiger partial charge in [0, 0.05) is 11.4 Å². The summed E-state index contributed by atoms with van der Waals surface area (Å²) in [6.07, 6.45) is 0. The van der Waals surface area contributed by atoms with Crippen molar-refractivity contribution < 1.29 is 19.0 Å². The highest BCUT2D eigenvalue weighted by Gasteiger charge is 2.17. The Bertz CT molecular complexity index is 824. The third-order valence-corrected chi connectivity index (χ3v) is 4.91. The van der Waals surface area contributed by atoms with Crippen molar-refractivity contribution in [3.05, 3.63) is 65.5 Å². The second-order valence-electron chi connectivity index (χ2n) is 5.36. The average molecular weight is 369 g/mol. The van der Waals surface area contributed by atoms with Crippen molar-refractivity contribution in [1.82, 2.24) is 0 Å². The number of anilines is 3. The standard InChI is InChI=1S/C20H19NO4S/c1-23-16-8-4-14(5-9-16)21(15-6-10-17(24-2)11-7-15)19-13-12-18(26-19)20(22)25-3/h4-13H,1-3H3. The van der Waals surface area contributed by atoms with E-state index in [-0.39, 0.29) is 5.97 Å². The SMILES string of the molecule is COC(=O)c1ccc(N(c2ccc(OC)cc2)c2ccc(OC)cc2)s1. The maximum Gasteiger partial charge on any atom is 0.348 e. The van der Waals surface area contributed by atoms with E-state index >= 15 is 0 Å². The number of esters is 1. The third kappa shape index (κ3) is 3.65. The van der Waals surface area contributed by atoms with E-state index in [1.807, 2.05) is 54.6 Å². The Kier molecular flexibility index (Phi) is 5.43. The molecule has 0 atom stereocenters. The molecule has 1 aromatic heterocycles. The first-order valence-electron chi connectivity index (χ1n) is 7.92. The van der Waals surface area contributed by atoms with Crippen molar-refractivity contribution in [3.8, 4) is 11.5 Å². The predicted molar refractivity (Wildman–Crippen MR) is 103 cm³/mol. The van der Waals surface area contributed by atoms with Gasteiger partial charge in [-0.1, -0.05) is 0 Å². The van der Waals surface area contributed by atoms with Crippen LogP contribution in [0.1, 0.15) is 9.67 Å². The summed E-state index contributed by atoms with van der Waals surface area (Å²) in [4.78, 5) is 14.4. The van der Waals surface area contributed by atoms with Crippen LogP contribution in [0.4, 0.5) is 16.4 Å². The van der Waals surface area contributed by atoms with E-state index in [0.717, 1.165) is 27.9 Å². The van der Waals surface area contributed by atoms with Gasteiger partial charge in [0.1, 0.15) is 21.4 Å². The number of carbonyl (C=O) groups excluding carboxylic acids is 1. The molecule has 0 saturated heterocycles. The lowest BCUT2D eigenvalue weighted by molar-refractivity contribution is 0.0606. The van der Waals surface area contributed by atoms with Gasteiger partial charge in [-0.2, -0.15) is 0 Å². The summed E-state index contributed by atoms with van der Waals surface area (Å²) in [6, 6.07) is 19.2. The molecule has 6 heteroatoms. The summed E-state index contributed by atoms with van der Waals surface area (Å²) in [5, 5.41) is 0.903. The second kappa shape index (κ2) is 7.93. The quantitative estimate of drug-likeness (QED) is 0.571. The maximum absolute atomic E-state index is 11.8. The number of rotatable bonds is 6. The van der Waals surface area contributed by atoms with Crippen LogP contribution in [0, 0.1) is 0 Å². The van der Waals surface area contributed by atoms with Gasteiger partial charge < -0.3 is 19.1 Å². The zero-order valence-electron chi connectivity index (χ0n) is 14.8. The molecular weight excluding hydrogens is 350 g/mol. The topological polar surface area (TPSA) is 48.0 Å². The Hall–Kier alpha value is -2.99. The van der Waals surface area contributed by atoms with Crippen LogP contribution < -0.4 is 14.4 Å². The minimum atomic E-state index is -0.342. The zero-order chi connectivity index (χ0) is 18.5. The highest BCUT2D eigenvalue weighted by Crippen LogP contribution is 2.39. The highest BCUT2D eigenvalue weighted by atomic mass is 32.1. The van der Waals surface area contributed by atoms with E-state index in [9.17, 15) is 4.79 Å². The smallest absolute Gasteiger partial charge is 0.348 e. The van der Waals surface area contributed by atoms with E-state index in [1.54, 1.807) is 20.3 Å². The molecule has 0 bridgehead atoms. The van der Waals surface area contributed by atoms with Gasteiger partial charge in [0.05, 0.1) is 21.3 Å². The van der Waals surface area contributed by atoms with E-state index in [1.165, 1.54) is 18.4 Å². The van der Waals surface area contributed by atoms with Crippen LogP contribution in [-0.2, 0) is 4.74 Å². The molecule has 0 amide bonds. The Labute approximate surface area is 156 Å². The molecule has 2 aromatic carbocycles. The van der Waals surface area contributed by atoms with E-state index in [0.29, 0.717) is 4.88 Å². The van der Waals surface area contributed by atoms with E-state index in [2.05, 4.69) is 4.90 Å². The molecule has 0 radical (unpaired) electrons. The molecule has 5 nitrogen and oxygen atoms in total. The van der Waals surface area contributed by atoms with E-state index in [4.69, 9.17) is 14.2 Å². The first-order valence-corrected chi connectivity index (χ1v) is 8.74. The van der Waals surface area contributed by atoms with Gasteiger partial charge >= 0.3 is 5.97 Å². The lowest BCUT2D eigenvalue weighted by Crippen LogP contribution is -2.08. The van der Waals surface area contributed by atoms with Gasteiger partial charge in [-0.25, -0.2) is 4.79 Å². The monoisotopic (exact) mass is 369 g/mol. The van der Waals surface area contributed by atoms with Crippen molar-refractivity contribution in [3.63, 3.8) is 0 Å². The number of methoxy groups -OCH3 is 3. The summed E-state index contributed by atoms with van der Waals surface area (Å²) in [7, 11) is 4.66. The minimum Gasteiger partial charge on any atom is -0.497 e. The first-order chi connectivity index (χ1) is 12.7. The van der Waals surface area contributed by atoms with Crippen molar-refractivity contribution in [1.29, 1.82) is 0 Å². The molecule has 0 unspecified atom stereocenters. The summed E-state index contributed by atoms with van der Waals surface area (Å²) >= 11 is 1.37. The van der Waals surface area contributed by atoms with Crippen LogP contribution in [0.5, 0.6) is 11.5 Å². The van der Waals surface area contributed by atoms with Gasteiger partial charge in [0.15, 0.2) is 0 Å². The lowest BCUT2D eigenvalue weighted by Gasteiger charge is -2.24. The Morgan fingerprint density at radius 3 is 1.69 bits per heavy atom. The van der Waals surface area contributed by atoms with Crippen LogP contribution in [0.3, 0.4) is 0 Å². The summed E-state index contributed by atoms with van der Waals surface area (Å²) in [6.45, 7) is 0. The van der Waals surface area contributed by atoms with Gasteiger partial charge in [-0.3, -0.25) is 0 Å². The number of hydrogen-bond acceptors (Lipinski definition) is 6. The number of hydrogen-bond donors (Lipinski definition) is 0. The molecule has 0 saturated carbocycles. The maximum atomic E-state index is 11.8. The van der Waals surface area contributed by atoms with Crippen LogP contribution in [0.2, 0.25) is 0 Å². The van der Waals surface area contributed by atoms with Gasteiger partial charge in [0.2, 0.25) is 0 Å². The van der Waals surface area contributed by atoms with Crippen LogP contribution in [-0.4, -0.2) is 27.3 Å². The van der Waals surface area contributed by atoms with Crippen molar-refractivity contribution in [2.45, 2.75) is 0 Å². The molecule has 0 aliphatic heterocycles. The van der Waals surface area contributed by atoms with Crippen LogP contribution >= 0.6 is 11.3 Å². The van der Waals surface area contributed by atoms with Gasteiger partial charge in [-0.15, -0.1) is 11.3 Å². The van der Waals surface area contributed by atoms with Crippen LogP contribution in [0.15, 0.2) is 60.7 Å². The average Bonchev–Trinajstić information content (AvgIpc) is 3.18.